The molecule has 2 N–H and O–H groups in total. The Balaban J connectivity index is 1.74. The second kappa shape index (κ2) is 9.64. The predicted molar refractivity (Wildman–Crippen MR) is 108 cm³/mol. The number of benzene rings is 2. The number of amides is 1. The zero-order valence-corrected chi connectivity index (χ0v) is 15.9. The Morgan fingerprint density at radius 1 is 1.19 bits per heavy atom. The fourth-order valence-corrected chi connectivity index (χ4v) is 4.07. The molecule has 2 atom stereocenters. The van der Waals surface area contributed by atoms with E-state index < -0.39 is 0 Å². The van der Waals surface area contributed by atoms with Gasteiger partial charge in [-0.2, -0.15) is 11.8 Å². The van der Waals surface area contributed by atoms with E-state index in [0.717, 1.165) is 34.9 Å². The highest BCUT2D eigenvalue weighted by molar-refractivity contribution is 7.99. The molecule has 4 nitrogen and oxygen atoms in total. The van der Waals surface area contributed by atoms with E-state index in [4.69, 9.17) is 4.74 Å². The van der Waals surface area contributed by atoms with Crippen molar-refractivity contribution in [2.24, 2.45) is 0 Å². The van der Waals surface area contributed by atoms with Crippen LogP contribution in [0.15, 0.2) is 54.6 Å². The number of hydrogen-bond acceptors (Lipinski definition) is 4. The molecule has 0 aliphatic carbocycles. The molecule has 2 unspecified atom stereocenters. The molecule has 0 spiro atoms. The van der Waals surface area contributed by atoms with Gasteiger partial charge in [0, 0.05) is 30.5 Å². The van der Waals surface area contributed by atoms with Gasteiger partial charge in [-0.1, -0.05) is 42.5 Å². The van der Waals surface area contributed by atoms with Crippen LogP contribution in [0.1, 0.15) is 30.5 Å². The van der Waals surface area contributed by atoms with E-state index in [2.05, 4.69) is 22.8 Å². The van der Waals surface area contributed by atoms with Crippen LogP contribution < -0.4 is 15.4 Å². The zero-order valence-electron chi connectivity index (χ0n) is 15.1. The molecule has 1 aliphatic heterocycles. The van der Waals surface area contributed by atoms with Gasteiger partial charge in [0.25, 0.3) is 0 Å². The number of nitrogens with one attached hydrogen (secondary N) is 2. The number of ether oxygens (including phenoxy) is 1. The third-order valence-electron chi connectivity index (χ3n) is 4.39. The fraction of sp³-hybridized carbons (Fsp3) is 0.381. The predicted octanol–water partition coefficient (Wildman–Crippen LogP) is 3.39. The molecule has 1 aliphatic rings. The number of hydrogen-bond donors (Lipinski definition) is 2. The Bertz CT molecular complexity index is 685. The maximum absolute atomic E-state index is 12.7. The molecule has 0 radical (unpaired) electrons. The molecule has 0 aromatic heterocycles. The number of carbonyl (C=O) groups excluding carboxylic acids is 1. The summed E-state index contributed by atoms with van der Waals surface area (Å²) in [4.78, 5) is 12.7. The minimum atomic E-state index is -0.157. The van der Waals surface area contributed by atoms with E-state index in [1.807, 2.05) is 61.2 Å². The van der Waals surface area contributed by atoms with Crippen LogP contribution >= 0.6 is 11.8 Å². The van der Waals surface area contributed by atoms with Crippen molar-refractivity contribution in [2.45, 2.75) is 25.4 Å². The second-order valence-corrected chi connectivity index (χ2v) is 7.49. The Kier molecular flexibility index (Phi) is 6.97. The summed E-state index contributed by atoms with van der Waals surface area (Å²) in [5.41, 5.74) is 2.13. The van der Waals surface area contributed by atoms with Crippen molar-refractivity contribution in [1.82, 2.24) is 10.6 Å². The van der Waals surface area contributed by atoms with Crippen LogP contribution in [-0.4, -0.2) is 36.6 Å². The standard InChI is InChI=1S/C21H26N2O2S/c1-2-25-19-10-8-17(9-11-19)21(16-6-4-3-5-7-16)23-20(24)14-18-15-26-13-12-22-18/h3-11,18,21-22H,2,12-15H2,1H3,(H,23,24). The molecule has 2 aromatic carbocycles. The van der Waals surface area contributed by atoms with Crippen LogP contribution in [0.3, 0.4) is 0 Å². The third-order valence-corrected chi connectivity index (χ3v) is 5.52. The van der Waals surface area contributed by atoms with Crippen LogP contribution in [0.5, 0.6) is 5.75 Å². The first-order valence-electron chi connectivity index (χ1n) is 9.14. The number of thioether (sulfide) groups is 1. The van der Waals surface area contributed by atoms with Crippen LogP contribution in [-0.2, 0) is 4.79 Å². The molecule has 3 rings (SSSR count). The van der Waals surface area contributed by atoms with Crippen LogP contribution in [0.2, 0.25) is 0 Å². The highest BCUT2D eigenvalue weighted by atomic mass is 32.2. The average Bonchev–Trinajstić information content (AvgIpc) is 2.69. The van der Waals surface area contributed by atoms with E-state index in [9.17, 15) is 4.79 Å². The van der Waals surface area contributed by atoms with Gasteiger partial charge < -0.3 is 15.4 Å². The van der Waals surface area contributed by atoms with Crippen LogP contribution in [0.4, 0.5) is 0 Å². The summed E-state index contributed by atoms with van der Waals surface area (Å²) < 4.78 is 5.53. The second-order valence-electron chi connectivity index (χ2n) is 6.34. The fourth-order valence-electron chi connectivity index (χ4n) is 3.12. The summed E-state index contributed by atoms with van der Waals surface area (Å²) in [6.07, 6.45) is 0.507. The Labute approximate surface area is 159 Å². The summed E-state index contributed by atoms with van der Waals surface area (Å²) in [5.74, 6) is 3.04. The minimum absolute atomic E-state index is 0.0766. The first-order chi connectivity index (χ1) is 12.8. The van der Waals surface area contributed by atoms with Gasteiger partial charge in [-0.05, 0) is 30.2 Å². The van der Waals surface area contributed by atoms with Gasteiger partial charge >= 0.3 is 0 Å². The lowest BCUT2D eigenvalue weighted by atomic mass is 9.98. The first-order valence-corrected chi connectivity index (χ1v) is 10.3. The number of carbonyl (C=O) groups is 1. The molecular weight excluding hydrogens is 344 g/mol. The van der Waals surface area contributed by atoms with Gasteiger partial charge in [-0.3, -0.25) is 4.79 Å². The molecule has 0 saturated carbocycles. The van der Waals surface area contributed by atoms with Gasteiger partial charge in [0.05, 0.1) is 12.6 Å². The SMILES string of the molecule is CCOc1ccc(C(NC(=O)CC2CSCCN2)c2ccccc2)cc1. The van der Waals surface area contributed by atoms with E-state index in [1.165, 1.54) is 0 Å². The Morgan fingerprint density at radius 2 is 1.92 bits per heavy atom. The largest absolute Gasteiger partial charge is 0.494 e. The summed E-state index contributed by atoms with van der Waals surface area (Å²) in [5, 5.41) is 6.65. The molecule has 2 aromatic rings. The maximum atomic E-state index is 12.7. The van der Waals surface area contributed by atoms with Gasteiger partial charge in [0.15, 0.2) is 0 Å². The summed E-state index contributed by atoms with van der Waals surface area (Å²) in [7, 11) is 0. The molecule has 1 saturated heterocycles. The average molecular weight is 371 g/mol. The van der Waals surface area contributed by atoms with Crippen molar-refractivity contribution >= 4 is 17.7 Å². The highest BCUT2D eigenvalue weighted by Crippen LogP contribution is 2.24. The van der Waals surface area contributed by atoms with Crippen molar-refractivity contribution in [3.63, 3.8) is 0 Å². The Hall–Kier alpha value is -1.98. The van der Waals surface area contributed by atoms with E-state index in [0.29, 0.717) is 13.0 Å². The third kappa shape index (κ3) is 5.26. The summed E-state index contributed by atoms with van der Waals surface area (Å²) in [6, 6.07) is 18.2. The van der Waals surface area contributed by atoms with Crippen molar-refractivity contribution in [1.29, 1.82) is 0 Å². The van der Waals surface area contributed by atoms with Gasteiger partial charge in [0.1, 0.15) is 5.75 Å². The van der Waals surface area contributed by atoms with Gasteiger partial charge in [-0.15, -0.1) is 0 Å². The quantitative estimate of drug-likeness (QED) is 0.784. The monoisotopic (exact) mass is 370 g/mol. The minimum Gasteiger partial charge on any atom is -0.494 e. The molecule has 0 bridgehead atoms. The lowest BCUT2D eigenvalue weighted by Crippen LogP contribution is -2.42. The molecule has 1 heterocycles. The Morgan fingerprint density at radius 3 is 2.58 bits per heavy atom. The van der Waals surface area contributed by atoms with E-state index >= 15 is 0 Å². The molecule has 1 amide bonds. The van der Waals surface area contributed by atoms with E-state index in [1.54, 1.807) is 0 Å². The summed E-state index contributed by atoms with van der Waals surface area (Å²) in [6.45, 7) is 3.59. The van der Waals surface area contributed by atoms with Crippen molar-refractivity contribution in [2.75, 3.05) is 24.7 Å². The highest BCUT2D eigenvalue weighted by Gasteiger charge is 2.21. The number of rotatable bonds is 7. The lowest BCUT2D eigenvalue weighted by Gasteiger charge is -2.25. The van der Waals surface area contributed by atoms with Crippen molar-refractivity contribution < 1.29 is 9.53 Å². The molecular formula is C21H26N2O2S. The maximum Gasteiger partial charge on any atom is 0.222 e. The van der Waals surface area contributed by atoms with Crippen molar-refractivity contribution in [3.05, 3.63) is 65.7 Å². The van der Waals surface area contributed by atoms with Gasteiger partial charge in [0.2, 0.25) is 5.91 Å². The first kappa shape index (κ1) is 18.8. The van der Waals surface area contributed by atoms with Crippen LogP contribution in [0.25, 0.3) is 0 Å². The lowest BCUT2D eigenvalue weighted by molar-refractivity contribution is -0.122. The smallest absolute Gasteiger partial charge is 0.222 e. The molecule has 138 valence electrons. The topological polar surface area (TPSA) is 50.4 Å². The van der Waals surface area contributed by atoms with Gasteiger partial charge in [-0.25, -0.2) is 0 Å². The molecule has 5 heteroatoms. The van der Waals surface area contributed by atoms with E-state index in [-0.39, 0.29) is 18.0 Å². The zero-order chi connectivity index (χ0) is 18.2. The molecule has 26 heavy (non-hydrogen) atoms. The van der Waals surface area contributed by atoms with Crippen molar-refractivity contribution in [3.8, 4) is 5.75 Å². The van der Waals surface area contributed by atoms with Crippen LogP contribution in [0, 0.1) is 0 Å². The normalized spacial score (nSPS) is 18.1. The summed E-state index contributed by atoms with van der Waals surface area (Å²) >= 11 is 1.91. The molecule has 1 fully saturated rings.